The Labute approximate surface area is 416 Å². The lowest BCUT2D eigenvalue weighted by Gasteiger charge is -2.16. The molecule has 0 bridgehead atoms. The van der Waals surface area contributed by atoms with Crippen molar-refractivity contribution in [2.24, 2.45) is 0 Å². The summed E-state index contributed by atoms with van der Waals surface area (Å²) < 4.78 is 6.04. The summed E-state index contributed by atoms with van der Waals surface area (Å²) in [6, 6.07) is 67.7. The van der Waals surface area contributed by atoms with Gasteiger partial charge < -0.3 is 4.57 Å². The average Bonchev–Trinajstić information content (AvgIpc) is 4.09. The van der Waals surface area contributed by atoms with Crippen LogP contribution in [0, 0.1) is 47.1 Å². The zero-order valence-corrected chi connectivity index (χ0v) is 38.3. The van der Waals surface area contributed by atoms with E-state index in [1.54, 1.807) is 42.5 Å². The molecule has 11 heteroatoms. The van der Waals surface area contributed by atoms with Crippen LogP contribution in [0.25, 0.3) is 126 Å². The Kier molecular flexibility index (Phi) is 9.50. The second kappa shape index (κ2) is 16.5. The SMILES string of the molecule is [C-]#[N+]c1ccc2c(c1)c1cc([N+]#[C-])ccc1n2-c1nc(-c2cc(C#N)ccc2-n2c3ccc(-c4ccccc4)cc3c3cc(-c4ccccc4)ccc32)nc(-n2c3ccc(C#N)cc3c3cc(C#N)ccc32)n1. The number of hydrogen-bond donors (Lipinski definition) is 0. The molecule has 13 aromatic rings. The third-order valence-electron chi connectivity index (χ3n) is 13.6. The molecule has 0 fully saturated rings. The predicted molar refractivity (Wildman–Crippen MR) is 286 cm³/mol. The van der Waals surface area contributed by atoms with Gasteiger partial charge in [0.2, 0.25) is 11.9 Å². The van der Waals surface area contributed by atoms with Crippen molar-refractivity contribution in [1.82, 2.24) is 28.7 Å². The van der Waals surface area contributed by atoms with Crippen molar-refractivity contribution in [3.05, 3.63) is 228 Å². The molecule has 9 aromatic carbocycles. The van der Waals surface area contributed by atoms with E-state index in [1.807, 2.05) is 94.1 Å². The van der Waals surface area contributed by atoms with Gasteiger partial charge in [-0.1, -0.05) is 84.9 Å². The zero-order chi connectivity index (χ0) is 49.3. The van der Waals surface area contributed by atoms with Gasteiger partial charge in [-0.15, -0.1) is 0 Å². The average molecular weight is 930 g/mol. The maximum Gasteiger partial charge on any atom is 0.240 e. The Bertz CT molecular complexity index is 4330. The van der Waals surface area contributed by atoms with E-state index in [4.69, 9.17) is 28.1 Å². The monoisotopic (exact) mass is 929 g/mol. The minimum atomic E-state index is 0.232. The van der Waals surface area contributed by atoms with E-state index >= 15 is 0 Å². The number of aromatic nitrogens is 6. The standard InChI is InChI=1S/C62H31N11/c1-66-44-18-25-57-50(32-44)51-33-45(67-2)19-26-58(51)73(57)62-69-60(68-61(70-62)72-55-20-13-37(34-63)27-46(55)47-28-38(35-64)14-21-56(47)72)52-29-39(36-65)15-22-59(52)71-53-23-16-42(40-9-5-3-6-10-40)30-48(53)49-31-43(17-24-54(49)71)41-11-7-4-8-12-41/h3-33H. The van der Waals surface area contributed by atoms with Crippen LogP contribution in [-0.4, -0.2) is 28.7 Å². The van der Waals surface area contributed by atoms with Crippen LogP contribution in [0.1, 0.15) is 16.7 Å². The molecule has 334 valence electrons. The second-order valence-electron chi connectivity index (χ2n) is 17.6. The first-order valence-corrected chi connectivity index (χ1v) is 23.2. The van der Waals surface area contributed by atoms with Crippen LogP contribution in [0.4, 0.5) is 11.4 Å². The second-order valence-corrected chi connectivity index (χ2v) is 17.6. The van der Waals surface area contributed by atoms with Gasteiger partial charge in [0.05, 0.1) is 86.8 Å². The van der Waals surface area contributed by atoms with Crippen LogP contribution in [0.3, 0.4) is 0 Å². The Hall–Kier alpha value is -11.2. The molecule has 4 aromatic heterocycles. The van der Waals surface area contributed by atoms with Gasteiger partial charge in [0.1, 0.15) is 0 Å². The highest BCUT2D eigenvalue weighted by Gasteiger charge is 2.25. The molecule has 0 unspecified atom stereocenters. The quantitative estimate of drug-likeness (QED) is 0.152. The van der Waals surface area contributed by atoms with Crippen molar-refractivity contribution in [3.8, 4) is 69.4 Å². The van der Waals surface area contributed by atoms with Crippen LogP contribution >= 0.6 is 0 Å². The fraction of sp³-hybridized carbons (Fsp3) is 0. The van der Waals surface area contributed by atoms with Crippen molar-refractivity contribution in [1.29, 1.82) is 15.8 Å². The molecule has 0 N–H and O–H groups in total. The Morgan fingerprint density at radius 3 is 1.19 bits per heavy atom. The smallest absolute Gasteiger partial charge is 0.240 e. The number of nitrogens with zero attached hydrogens (tertiary/aromatic N) is 11. The molecule has 0 aliphatic rings. The van der Waals surface area contributed by atoms with E-state index in [1.165, 1.54) is 0 Å². The summed E-state index contributed by atoms with van der Waals surface area (Å²) in [5, 5.41) is 35.7. The van der Waals surface area contributed by atoms with Crippen LogP contribution in [0.5, 0.6) is 0 Å². The summed E-state index contributed by atoms with van der Waals surface area (Å²) in [6.45, 7) is 15.8. The molecule has 0 amide bonds. The van der Waals surface area contributed by atoms with Gasteiger partial charge in [-0.3, -0.25) is 9.13 Å². The lowest BCUT2D eigenvalue weighted by molar-refractivity contribution is 0.892. The lowest BCUT2D eigenvalue weighted by Crippen LogP contribution is -2.11. The molecular formula is C62H31N11. The van der Waals surface area contributed by atoms with Crippen molar-refractivity contribution in [2.75, 3.05) is 0 Å². The van der Waals surface area contributed by atoms with Crippen molar-refractivity contribution >= 4 is 76.8 Å². The molecule has 4 heterocycles. The number of rotatable bonds is 6. The minimum Gasteiger partial charge on any atom is -0.308 e. The zero-order valence-electron chi connectivity index (χ0n) is 38.3. The molecule has 0 radical (unpaired) electrons. The number of hydrogen-bond acceptors (Lipinski definition) is 6. The van der Waals surface area contributed by atoms with Gasteiger partial charge in [-0.05, 0) is 136 Å². The molecule has 0 atom stereocenters. The maximum atomic E-state index is 10.6. The number of nitriles is 3. The molecule has 0 aliphatic carbocycles. The summed E-state index contributed by atoms with van der Waals surface area (Å²) in [5.74, 6) is 0.723. The molecule has 11 nitrogen and oxygen atoms in total. The van der Waals surface area contributed by atoms with Gasteiger partial charge in [0, 0.05) is 27.1 Å². The van der Waals surface area contributed by atoms with Crippen molar-refractivity contribution < 1.29 is 0 Å². The third kappa shape index (κ3) is 6.66. The van der Waals surface area contributed by atoms with Gasteiger partial charge in [0.15, 0.2) is 17.2 Å². The topological polar surface area (TPSA) is 134 Å². The first-order chi connectivity index (χ1) is 35.9. The largest absolute Gasteiger partial charge is 0.308 e. The first kappa shape index (κ1) is 42.0. The maximum absolute atomic E-state index is 10.6. The molecule has 0 spiro atoms. The highest BCUT2D eigenvalue weighted by atomic mass is 15.3. The molecule has 13 rings (SSSR count). The van der Waals surface area contributed by atoms with E-state index in [0.29, 0.717) is 61.4 Å². The minimum absolute atomic E-state index is 0.232. The normalized spacial score (nSPS) is 11.2. The van der Waals surface area contributed by atoms with E-state index in [-0.39, 0.29) is 17.7 Å². The van der Waals surface area contributed by atoms with E-state index in [2.05, 4.69) is 93.1 Å². The van der Waals surface area contributed by atoms with Gasteiger partial charge in [-0.25, -0.2) is 9.69 Å². The van der Waals surface area contributed by atoms with Gasteiger partial charge >= 0.3 is 0 Å². The van der Waals surface area contributed by atoms with Gasteiger partial charge in [0.25, 0.3) is 0 Å². The molecule has 0 aliphatic heterocycles. The Morgan fingerprint density at radius 1 is 0.356 bits per heavy atom. The fourth-order valence-electron chi connectivity index (χ4n) is 10.3. The van der Waals surface area contributed by atoms with E-state index in [0.717, 1.165) is 65.6 Å². The van der Waals surface area contributed by atoms with Crippen LogP contribution in [0.15, 0.2) is 188 Å². The molecular weight excluding hydrogens is 899 g/mol. The highest BCUT2D eigenvalue weighted by Crippen LogP contribution is 2.42. The van der Waals surface area contributed by atoms with E-state index in [9.17, 15) is 15.8 Å². The number of fused-ring (bicyclic) bond motifs is 9. The molecule has 73 heavy (non-hydrogen) atoms. The summed E-state index contributed by atoms with van der Waals surface area (Å²) >= 11 is 0. The molecule has 0 saturated carbocycles. The highest BCUT2D eigenvalue weighted by molar-refractivity contribution is 6.14. The lowest BCUT2D eigenvalue weighted by atomic mass is 10.0. The summed E-state index contributed by atoms with van der Waals surface area (Å²) in [4.78, 5) is 23.5. The van der Waals surface area contributed by atoms with E-state index < -0.39 is 0 Å². The Morgan fingerprint density at radius 2 is 0.740 bits per heavy atom. The summed E-state index contributed by atoms with van der Waals surface area (Å²) in [6.07, 6.45) is 0. The predicted octanol–water partition coefficient (Wildman–Crippen LogP) is 14.9. The van der Waals surface area contributed by atoms with Crippen molar-refractivity contribution in [2.45, 2.75) is 0 Å². The van der Waals surface area contributed by atoms with Crippen LogP contribution in [-0.2, 0) is 0 Å². The molecule has 0 saturated heterocycles. The summed E-state index contributed by atoms with van der Waals surface area (Å²) in [5.41, 5.74) is 12.4. The Balaban J connectivity index is 1.15. The third-order valence-corrected chi connectivity index (χ3v) is 13.6. The summed E-state index contributed by atoms with van der Waals surface area (Å²) in [7, 11) is 0. The van der Waals surface area contributed by atoms with Crippen molar-refractivity contribution in [3.63, 3.8) is 0 Å². The van der Waals surface area contributed by atoms with Gasteiger partial charge in [-0.2, -0.15) is 30.7 Å². The van der Waals surface area contributed by atoms with Crippen LogP contribution in [0.2, 0.25) is 0 Å². The van der Waals surface area contributed by atoms with Crippen LogP contribution < -0.4 is 0 Å². The first-order valence-electron chi connectivity index (χ1n) is 23.2. The number of benzene rings is 9. The fourth-order valence-corrected chi connectivity index (χ4v) is 10.3.